The Labute approximate surface area is 106 Å². The molecular weight excluding hydrogens is 236 g/mol. The molecule has 3 N–H and O–H groups in total. The number of anilines is 2. The predicted molar refractivity (Wildman–Crippen MR) is 66.6 cm³/mol. The van der Waals surface area contributed by atoms with E-state index in [9.17, 15) is 5.11 Å². The summed E-state index contributed by atoms with van der Waals surface area (Å²) in [5.74, 6) is 1.41. The van der Waals surface area contributed by atoms with Crippen molar-refractivity contribution >= 4 is 11.6 Å². The van der Waals surface area contributed by atoms with E-state index in [1.165, 1.54) is 13.4 Å². The second kappa shape index (κ2) is 5.36. The quantitative estimate of drug-likeness (QED) is 0.761. The minimum Gasteiger partial charge on any atom is -0.490 e. The van der Waals surface area contributed by atoms with Crippen molar-refractivity contribution in [3.8, 4) is 5.75 Å². The van der Waals surface area contributed by atoms with Gasteiger partial charge in [0.1, 0.15) is 6.33 Å². The molecule has 2 atom stereocenters. The Morgan fingerprint density at radius 3 is 3.00 bits per heavy atom. The van der Waals surface area contributed by atoms with Crippen LogP contribution in [0.3, 0.4) is 0 Å². The van der Waals surface area contributed by atoms with Crippen LogP contribution in [0, 0.1) is 0 Å². The summed E-state index contributed by atoms with van der Waals surface area (Å²) in [6.07, 6.45) is 1.19. The Hall–Kier alpha value is -1.60. The van der Waals surface area contributed by atoms with Gasteiger partial charge in [-0.3, -0.25) is 0 Å². The lowest BCUT2D eigenvalue weighted by molar-refractivity contribution is -0.0423. The largest absolute Gasteiger partial charge is 0.490 e. The molecule has 0 spiro atoms. The number of aromatic nitrogens is 2. The molecule has 2 heterocycles. The highest BCUT2D eigenvalue weighted by Gasteiger charge is 2.28. The number of methoxy groups -OCH3 is 1. The molecule has 0 amide bonds. The fraction of sp³-hybridized carbons (Fsp3) is 0.636. The van der Waals surface area contributed by atoms with Crippen molar-refractivity contribution in [2.24, 2.45) is 0 Å². The molecule has 1 aliphatic rings. The Morgan fingerprint density at radius 1 is 1.56 bits per heavy atom. The number of hydrogen-bond donors (Lipinski definition) is 2. The Bertz CT molecular complexity index is 415. The highest BCUT2D eigenvalue weighted by Crippen LogP contribution is 2.31. The van der Waals surface area contributed by atoms with E-state index in [4.69, 9.17) is 15.2 Å². The summed E-state index contributed by atoms with van der Waals surface area (Å²) in [7, 11) is 1.53. The van der Waals surface area contributed by atoms with Gasteiger partial charge in [-0.15, -0.1) is 0 Å². The smallest absolute Gasteiger partial charge is 0.204 e. The highest BCUT2D eigenvalue weighted by atomic mass is 16.5. The number of ether oxygens (including phenoxy) is 2. The molecule has 1 saturated heterocycles. The lowest BCUT2D eigenvalue weighted by Gasteiger charge is -2.37. The van der Waals surface area contributed by atoms with Crippen LogP contribution in [0.15, 0.2) is 6.33 Å². The molecule has 0 saturated carbocycles. The summed E-state index contributed by atoms with van der Waals surface area (Å²) < 4.78 is 10.8. The first-order valence-electron chi connectivity index (χ1n) is 5.81. The molecule has 1 aromatic rings. The van der Waals surface area contributed by atoms with Crippen LogP contribution in [-0.2, 0) is 4.74 Å². The van der Waals surface area contributed by atoms with Crippen LogP contribution in [0.1, 0.15) is 6.92 Å². The molecule has 18 heavy (non-hydrogen) atoms. The number of hydrogen-bond acceptors (Lipinski definition) is 7. The Balaban J connectivity index is 2.27. The summed E-state index contributed by atoms with van der Waals surface area (Å²) in [5.41, 5.74) is 5.76. The number of nitrogens with zero attached hydrogens (tertiary/aromatic N) is 3. The third-order valence-corrected chi connectivity index (χ3v) is 2.85. The van der Waals surface area contributed by atoms with Gasteiger partial charge in [0, 0.05) is 13.1 Å². The van der Waals surface area contributed by atoms with Crippen LogP contribution in [-0.4, -0.2) is 54.1 Å². The maximum atomic E-state index is 9.21. The zero-order chi connectivity index (χ0) is 13.1. The summed E-state index contributed by atoms with van der Waals surface area (Å²) in [6, 6.07) is 0. The van der Waals surface area contributed by atoms with E-state index in [-0.39, 0.29) is 18.8 Å². The van der Waals surface area contributed by atoms with Gasteiger partial charge >= 0.3 is 0 Å². The molecule has 0 radical (unpaired) electrons. The van der Waals surface area contributed by atoms with E-state index < -0.39 is 0 Å². The van der Waals surface area contributed by atoms with E-state index in [1.54, 1.807) is 0 Å². The third-order valence-electron chi connectivity index (χ3n) is 2.85. The molecule has 0 aliphatic carbocycles. The van der Waals surface area contributed by atoms with E-state index in [0.717, 1.165) is 0 Å². The maximum absolute atomic E-state index is 9.21. The monoisotopic (exact) mass is 254 g/mol. The van der Waals surface area contributed by atoms with Crippen LogP contribution in [0.25, 0.3) is 0 Å². The molecule has 0 aromatic carbocycles. The second-order valence-corrected chi connectivity index (χ2v) is 4.27. The molecule has 7 heteroatoms. The molecule has 0 bridgehead atoms. The van der Waals surface area contributed by atoms with Crippen LogP contribution >= 0.6 is 0 Å². The molecule has 1 aliphatic heterocycles. The first-order valence-corrected chi connectivity index (χ1v) is 5.81. The van der Waals surface area contributed by atoms with Gasteiger partial charge in [-0.2, -0.15) is 0 Å². The van der Waals surface area contributed by atoms with Crippen LogP contribution in [0.5, 0.6) is 5.75 Å². The summed E-state index contributed by atoms with van der Waals surface area (Å²) in [4.78, 5) is 10.1. The number of aliphatic hydroxyl groups excluding tert-OH is 1. The highest BCUT2D eigenvalue weighted by molar-refractivity contribution is 5.62. The van der Waals surface area contributed by atoms with Crippen molar-refractivity contribution in [2.45, 2.75) is 19.1 Å². The molecule has 2 rings (SSSR count). The average Bonchev–Trinajstić information content (AvgIpc) is 2.37. The SMILES string of the molecule is COc1c(N)ncnc1N1CC(C)OC(CO)C1. The predicted octanol–water partition coefficient (Wildman–Crippen LogP) is -0.347. The number of morpholine rings is 1. The number of nitrogen functional groups attached to an aromatic ring is 1. The van der Waals surface area contributed by atoms with Gasteiger partial charge < -0.3 is 25.2 Å². The van der Waals surface area contributed by atoms with Crippen LogP contribution in [0.2, 0.25) is 0 Å². The van der Waals surface area contributed by atoms with Crippen LogP contribution < -0.4 is 15.4 Å². The van der Waals surface area contributed by atoms with Gasteiger partial charge in [0.25, 0.3) is 0 Å². The van der Waals surface area contributed by atoms with Gasteiger partial charge in [0.15, 0.2) is 11.6 Å². The normalized spacial score (nSPS) is 24.1. The van der Waals surface area contributed by atoms with Gasteiger partial charge in [-0.1, -0.05) is 0 Å². The first-order chi connectivity index (χ1) is 8.65. The number of aliphatic hydroxyl groups is 1. The standard InChI is InChI=1S/C11H18N4O3/c1-7-3-15(4-8(5-16)18-7)11-9(17-2)10(12)13-6-14-11/h6-8,16H,3-5H2,1-2H3,(H2,12,13,14). The molecule has 1 aromatic heterocycles. The van der Waals surface area contributed by atoms with Gasteiger partial charge in [-0.25, -0.2) is 9.97 Å². The van der Waals surface area contributed by atoms with E-state index in [2.05, 4.69) is 9.97 Å². The van der Waals surface area contributed by atoms with Crippen molar-refractivity contribution in [1.29, 1.82) is 0 Å². The number of rotatable bonds is 3. The van der Waals surface area contributed by atoms with Crippen molar-refractivity contribution in [2.75, 3.05) is 37.4 Å². The second-order valence-electron chi connectivity index (χ2n) is 4.27. The summed E-state index contributed by atoms with van der Waals surface area (Å²) in [5, 5.41) is 9.21. The summed E-state index contributed by atoms with van der Waals surface area (Å²) >= 11 is 0. The molecule has 1 fully saturated rings. The minimum absolute atomic E-state index is 0.0109. The van der Waals surface area contributed by atoms with Crippen molar-refractivity contribution in [3.05, 3.63) is 6.33 Å². The zero-order valence-corrected chi connectivity index (χ0v) is 10.5. The molecular formula is C11H18N4O3. The van der Waals surface area contributed by atoms with Crippen molar-refractivity contribution in [1.82, 2.24) is 9.97 Å². The van der Waals surface area contributed by atoms with Gasteiger partial charge in [0.2, 0.25) is 5.75 Å². The molecule has 7 nitrogen and oxygen atoms in total. The van der Waals surface area contributed by atoms with E-state index >= 15 is 0 Å². The fourth-order valence-electron chi connectivity index (χ4n) is 2.12. The van der Waals surface area contributed by atoms with Crippen molar-refractivity contribution < 1.29 is 14.6 Å². The minimum atomic E-state index is -0.227. The Kier molecular flexibility index (Phi) is 3.83. The van der Waals surface area contributed by atoms with Crippen molar-refractivity contribution in [3.63, 3.8) is 0 Å². The molecule has 100 valence electrons. The lowest BCUT2D eigenvalue weighted by Crippen LogP contribution is -2.48. The summed E-state index contributed by atoms with van der Waals surface area (Å²) in [6.45, 7) is 3.15. The van der Waals surface area contributed by atoms with Gasteiger partial charge in [0.05, 0.1) is 25.9 Å². The molecule has 2 unspecified atom stereocenters. The fourth-order valence-corrected chi connectivity index (χ4v) is 2.12. The first kappa shape index (κ1) is 12.8. The van der Waals surface area contributed by atoms with E-state index in [0.29, 0.717) is 30.5 Å². The average molecular weight is 254 g/mol. The number of nitrogens with two attached hydrogens (primary N) is 1. The topological polar surface area (TPSA) is 93.7 Å². The third kappa shape index (κ3) is 2.46. The maximum Gasteiger partial charge on any atom is 0.204 e. The Morgan fingerprint density at radius 2 is 2.33 bits per heavy atom. The van der Waals surface area contributed by atoms with Crippen LogP contribution in [0.4, 0.5) is 11.6 Å². The van der Waals surface area contributed by atoms with Gasteiger partial charge in [-0.05, 0) is 6.92 Å². The lowest BCUT2D eigenvalue weighted by atomic mass is 10.2. The zero-order valence-electron chi connectivity index (χ0n) is 10.5. The van der Waals surface area contributed by atoms with E-state index in [1.807, 2.05) is 11.8 Å².